The first kappa shape index (κ1) is 56.8. The second-order valence-electron chi connectivity index (χ2n) is 26.0. The molecule has 0 spiro atoms. The molecule has 1 radical (unpaired) electrons. The third-order valence-electron chi connectivity index (χ3n) is 17.3. The maximum absolute atomic E-state index is 7.86. The molecule has 0 saturated carbocycles. The van der Waals surface area contributed by atoms with Crippen molar-refractivity contribution in [3.05, 3.63) is 240 Å². The van der Waals surface area contributed by atoms with Crippen molar-refractivity contribution >= 4 is 67.8 Å². The summed E-state index contributed by atoms with van der Waals surface area (Å²) in [6.07, 6.45) is 1.83. The van der Waals surface area contributed by atoms with Crippen LogP contribution in [0.4, 0.5) is 0 Å². The summed E-state index contributed by atoms with van der Waals surface area (Å²) in [5.41, 5.74) is 21.3. The summed E-state index contributed by atoms with van der Waals surface area (Å²) in [5.74, 6) is 2.64. The number of rotatable bonds is 12. The fourth-order valence-electron chi connectivity index (χ4n) is 12.5. The molecule has 0 aliphatic carbocycles. The van der Waals surface area contributed by atoms with Crippen molar-refractivity contribution in [2.45, 2.75) is 125 Å². The molecular weight excluding hydrogens is 1250 g/mol. The van der Waals surface area contributed by atoms with Crippen LogP contribution in [-0.2, 0) is 20.1 Å². The number of hydrogen-bond acceptors (Lipinski definition) is 3. The Morgan fingerprint density at radius 2 is 1.17 bits per heavy atom. The quantitative estimate of drug-likeness (QED) is 0.0696. The van der Waals surface area contributed by atoms with Gasteiger partial charge in [0.05, 0.1) is 30.5 Å². The average Bonchev–Trinajstić information content (AvgIpc) is 1.54. The van der Waals surface area contributed by atoms with E-state index in [0.717, 1.165) is 61.2 Å². The first-order valence-corrected chi connectivity index (χ1v) is 34.3. The molecule has 13 rings (SSSR count). The molecule has 0 N–H and O–H groups in total. The molecule has 439 valence electrons. The second kappa shape index (κ2) is 24.6. The number of para-hydroxylation sites is 2. The molecule has 10 aromatic carbocycles. The molecule has 4 nitrogen and oxygen atoms in total. The van der Waals surface area contributed by atoms with E-state index in [1.54, 1.807) is 6.07 Å². The SMILES string of the molecule is CC(C)c1cc(C(C)C)c(-c2ccc(-c3cc(C(C)C)c(-n4c(-c5[c-]ccc6c5oc5cc7c(ccc8ccccc87)cc56)nc5ccccc54)c(C(C)C)c3)cc2)c(C(C)C)c1.[2H]C([2H])([2H])c1c[c-]c(-c2cc([Si](C)(C)C)ccn2)cc1-c1ccccc1.[Ir]. The number of furan rings is 1. The molecule has 6 heteroatoms. The zero-order valence-electron chi connectivity index (χ0n) is 55.4. The largest absolute Gasteiger partial charge is 0.501 e. The van der Waals surface area contributed by atoms with Crippen molar-refractivity contribution in [2.75, 3.05) is 0 Å². The minimum atomic E-state index is -2.19. The summed E-state index contributed by atoms with van der Waals surface area (Å²) in [6, 6.07) is 73.4. The van der Waals surface area contributed by atoms with Gasteiger partial charge in [-0.1, -0.05) is 239 Å². The van der Waals surface area contributed by atoms with Crippen LogP contribution < -0.4 is 5.19 Å². The Labute approximate surface area is 534 Å². The van der Waals surface area contributed by atoms with E-state index in [-0.39, 0.29) is 31.9 Å². The standard InChI is InChI=1S/C60H57N2O.C21H22NSi.Ir/c1-34(2)43-29-48(35(3)4)57(49(30-43)36(5)6)41-25-22-39(23-26-41)44-31-50(37(7)8)58(51(32-44)38(9)10)62-55-21-14-13-20-54(55)61-60(62)47-19-15-18-46-53-28-42-27-24-40-16-11-12-17-45(40)52(42)33-56(53)63-59(46)47;1-16-10-11-18(14-20(16)17-8-6-5-7-9-17)21-15-19(12-13-22-21)23(2,3)4;/h11-18,20-38H,1-10H3;5-10,12-15H,1-4H3;/q2*-1;/i;1D3;. The predicted octanol–water partition coefficient (Wildman–Crippen LogP) is 22.7. The number of imidazole rings is 1. The van der Waals surface area contributed by atoms with Gasteiger partial charge in [0.1, 0.15) is 5.58 Å². The van der Waals surface area contributed by atoms with Gasteiger partial charge in [-0.15, -0.1) is 47.5 Å². The average molecular weight is 1330 g/mol. The Kier molecular flexibility index (Phi) is 16.1. The van der Waals surface area contributed by atoms with E-state index >= 15 is 0 Å². The van der Waals surface area contributed by atoms with Crippen molar-refractivity contribution in [3.8, 4) is 61.7 Å². The van der Waals surface area contributed by atoms with E-state index in [1.165, 1.54) is 82.5 Å². The Hall–Kier alpha value is -7.99. The van der Waals surface area contributed by atoms with Crippen LogP contribution in [0.2, 0.25) is 19.6 Å². The van der Waals surface area contributed by atoms with E-state index < -0.39 is 14.9 Å². The molecule has 0 atom stereocenters. The molecule has 3 heterocycles. The van der Waals surface area contributed by atoms with E-state index in [9.17, 15) is 0 Å². The number of fused-ring (bicyclic) bond motifs is 7. The fourth-order valence-corrected chi connectivity index (χ4v) is 13.6. The van der Waals surface area contributed by atoms with Gasteiger partial charge >= 0.3 is 0 Å². The van der Waals surface area contributed by atoms with Crippen LogP contribution in [0.5, 0.6) is 0 Å². The molecule has 0 amide bonds. The number of nitrogens with zero attached hydrogens (tertiary/aromatic N) is 3. The predicted molar refractivity (Wildman–Crippen MR) is 371 cm³/mol. The first-order valence-electron chi connectivity index (χ1n) is 32.3. The minimum absolute atomic E-state index is 0. The molecule has 87 heavy (non-hydrogen) atoms. The van der Waals surface area contributed by atoms with Gasteiger partial charge in [0.15, 0.2) is 0 Å². The van der Waals surface area contributed by atoms with Crippen LogP contribution >= 0.6 is 0 Å². The molecule has 0 fully saturated rings. The monoisotopic (exact) mass is 1330 g/mol. The van der Waals surface area contributed by atoms with E-state index in [1.807, 2.05) is 48.7 Å². The number of benzene rings is 10. The minimum Gasteiger partial charge on any atom is -0.501 e. The topological polar surface area (TPSA) is 43.9 Å². The Morgan fingerprint density at radius 1 is 0.529 bits per heavy atom. The Balaban J connectivity index is 0.000000259. The summed E-state index contributed by atoms with van der Waals surface area (Å²) in [4.78, 5) is 9.92. The van der Waals surface area contributed by atoms with Crippen LogP contribution in [-0.4, -0.2) is 22.6 Å². The zero-order valence-corrected chi connectivity index (χ0v) is 55.8. The molecule has 0 saturated heterocycles. The number of pyridine rings is 1. The molecule has 0 unspecified atom stereocenters. The number of hydrogen-bond donors (Lipinski definition) is 0. The van der Waals surface area contributed by atoms with E-state index in [4.69, 9.17) is 13.5 Å². The molecule has 3 aromatic heterocycles. The van der Waals surface area contributed by atoms with Gasteiger partial charge in [-0.3, -0.25) is 4.98 Å². The summed E-state index contributed by atoms with van der Waals surface area (Å²) >= 11 is 0. The van der Waals surface area contributed by atoms with Crippen molar-refractivity contribution < 1.29 is 28.6 Å². The van der Waals surface area contributed by atoms with Crippen LogP contribution in [0.25, 0.3) is 116 Å². The number of aromatic nitrogens is 3. The third kappa shape index (κ3) is 11.7. The van der Waals surface area contributed by atoms with Gasteiger partial charge in [-0.2, -0.15) is 0 Å². The van der Waals surface area contributed by atoms with Crippen LogP contribution in [0.1, 0.15) is 136 Å². The fraction of sp³-hybridized carbons (Fsp3) is 0.235. The van der Waals surface area contributed by atoms with Gasteiger partial charge in [-0.05, 0) is 155 Å². The molecule has 0 aliphatic heterocycles. The zero-order chi connectivity index (χ0) is 62.8. The van der Waals surface area contributed by atoms with Crippen molar-refractivity contribution in [2.24, 2.45) is 0 Å². The van der Waals surface area contributed by atoms with E-state index in [2.05, 4.69) is 250 Å². The van der Waals surface area contributed by atoms with Gasteiger partial charge < -0.3 is 14.0 Å². The van der Waals surface area contributed by atoms with E-state index in [0.29, 0.717) is 28.9 Å². The Morgan fingerprint density at radius 3 is 1.84 bits per heavy atom. The van der Waals surface area contributed by atoms with Crippen LogP contribution in [0.3, 0.4) is 0 Å². The van der Waals surface area contributed by atoms with Gasteiger partial charge in [0.2, 0.25) is 0 Å². The van der Waals surface area contributed by atoms with Gasteiger partial charge in [0, 0.05) is 41.5 Å². The van der Waals surface area contributed by atoms with Crippen LogP contribution in [0, 0.1) is 19.0 Å². The van der Waals surface area contributed by atoms with Crippen LogP contribution in [0.15, 0.2) is 199 Å². The maximum Gasteiger partial charge on any atom is 0.121 e. The Bertz CT molecular complexity index is 4740. The summed E-state index contributed by atoms with van der Waals surface area (Å²) < 4.78 is 32.9. The van der Waals surface area contributed by atoms with Gasteiger partial charge in [-0.25, -0.2) is 0 Å². The summed E-state index contributed by atoms with van der Waals surface area (Å²) in [6.45, 7) is 27.9. The number of aryl methyl sites for hydroxylation is 1. The summed E-state index contributed by atoms with van der Waals surface area (Å²) in [7, 11) is -1.46. The third-order valence-corrected chi connectivity index (χ3v) is 19.3. The summed E-state index contributed by atoms with van der Waals surface area (Å²) in [5, 5.41) is 8.32. The van der Waals surface area contributed by atoms with Crippen molar-refractivity contribution in [1.29, 1.82) is 0 Å². The van der Waals surface area contributed by atoms with Crippen molar-refractivity contribution in [3.63, 3.8) is 0 Å². The first-order chi connectivity index (χ1) is 42.5. The molecule has 13 aromatic rings. The molecule has 0 aliphatic rings. The molecule has 0 bridgehead atoms. The normalized spacial score (nSPS) is 12.6. The van der Waals surface area contributed by atoms with Gasteiger partial charge in [0.25, 0.3) is 0 Å². The smallest absolute Gasteiger partial charge is 0.121 e. The maximum atomic E-state index is 7.86. The molecular formula is C81H79IrN3OSi-2. The van der Waals surface area contributed by atoms with Crippen molar-refractivity contribution in [1.82, 2.24) is 14.5 Å². The second-order valence-corrected chi connectivity index (χ2v) is 31.0.